The highest BCUT2D eigenvalue weighted by Crippen LogP contribution is 2.26. The largest absolute Gasteiger partial charge is 0.497 e. The molecule has 0 spiro atoms. The molecule has 4 rings (SSSR count). The van der Waals surface area contributed by atoms with Crippen molar-refractivity contribution in [2.24, 2.45) is 0 Å². The van der Waals surface area contributed by atoms with Gasteiger partial charge < -0.3 is 10.1 Å². The molecule has 28 heavy (non-hydrogen) atoms. The molecule has 4 aromatic rings. The summed E-state index contributed by atoms with van der Waals surface area (Å²) < 4.78 is 7.17. The molecular weight excluding hydrogens is 394 g/mol. The lowest BCUT2D eigenvalue weighted by atomic mass is 10.1. The Morgan fingerprint density at radius 3 is 2.79 bits per heavy atom. The molecule has 0 atom stereocenters. The van der Waals surface area contributed by atoms with Crippen LogP contribution in [-0.4, -0.2) is 22.4 Å². The molecule has 0 radical (unpaired) electrons. The number of anilines is 1. The van der Waals surface area contributed by atoms with Crippen molar-refractivity contribution in [3.8, 4) is 17.0 Å². The first-order chi connectivity index (χ1) is 13.5. The fourth-order valence-electron chi connectivity index (χ4n) is 2.95. The highest BCUT2D eigenvalue weighted by Gasteiger charge is 2.13. The molecule has 142 valence electrons. The third-order valence-electron chi connectivity index (χ3n) is 4.48. The van der Waals surface area contributed by atoms with Crippen molar-refractivity contribution in [1.29, 1.82) is 0 Å². The van der Waals surface area contributed by atoms with Gasteiger partial charge in [-0.2, -0.15) is 0 Å². The van der Waals surface area contributed by atoms with Crippen molar-refractivity contribution in [1.82, 2.24) is 9.38 Å². The number of nitrogens with one attached hydrogen (secondary N) is 1. The molecule has 0 saturated carbocycles. The standard InChI is InChI=1S/C21H18ClN3O2S/c1-13-3-6-15(22)9-18(13)23-20(26)10-16-12-28-21-24-19(11-25(16)21)14-4-7-17(27-2)8-5-14/h3-9,11-12H,10H2,1-2H3,(H,23,26). The van der Waals surface area contributed by atoms with E-state index >= 15 is 0 Å². The maximum Gasteiger partial charge on any atom is 0.230 e. The molecule has 0 unspecified atom stereocenters. The van der Waals surface area contributed by atoms with Gasteiger partial charge in [0, 0.05) is 33.5 Å². The summed E-state index contributed by atoms with van der Waals surface area (Å²) in [5.74, 6) is 0.711. The van der Waals surface area contributed by atoms with Gasteiger partial charge in [0.05, 0.1) is 19.2 Å². The van der Waals surface area contributed by atoms with E-state index in [1.165, 1.54) is 11.3 Å². The van der Waals surface area contributed by atoms with Crippen LogP contribution in [0.4, 0.5) is 5.69 Å². The lowest BCUT2D eigenvalue weighted by Crippen LogP contribution is -2.16. The van der Waals surface area contributed by atoms with E-state index in [2.05, 4.69) is 10.3 Å². The molecular formula is C21H18ClN3O2S. The Morgan fingerprint density at radius 2 is 2.04 bits per heavy atom. The zero-order chi connectivity index (χ0) is 19.7. The average molecular weight is 412 g/mol. The Kier molecular flexibility index (Phi) is 5.07. The van der Waals surface area contributed by atoms with Crippen LogP contribution < -0.4 is 10.1 Å². The van der Waals surface area contributed by atoms with Crippen molar-refractivity contribution < 1.29 is 9.53 Å². The number of fused-ring (bicyclic) bond motifs is 1. The summed E-state index contributed by atoms with van der Waals surface area (Å²) in [4.78, 5) is 18.1. The number of hydrogen-bond donors (Lipinski definition) is 1. The van der Waals surface area contributed by atoms with Gasteiger partial charge >= 0.3 is 0 Å². The van der Waals surface area contributed by atoms with Crippen LogP contribution in [0.25, 0.3) is 16.2 Å². The van der Waals surface area contributed by atoms with Crippen LogP contribution >= 0.6 is 22.9 Å². The first kappa shape index (κ1) is 18.5. The van der Waals surface area contributed by atoms with E-state index < -0.39 is 0 Å². The highest BCUT2D eigenvalue weighted by atomic mass is 35.5. The van der Waals surface area contributed by atoms with Crippen molar-refractivity contribution >= 4 is 39.5 Å². The van der Waals surface area contributed by atoms with Crippen LogP contribution in [0.15, 0.2) is 54.0 Å². The molecule has 2 heterocycles. The topological polar surface area (TPSA) is 55.6 Å². The fraction of sp³-hybridized carbons (Fsp3) is 0.143. The Balaban J connectivity index is 1.55. The molecule has 0 fully saturated rings. The maximum atomic E-state index is 12.5. The predicted molar refractivity (Wildman–Crippen MR) is 114 cm³/mol. The summed E-state index contributed by atoms with van der Waals surface area (Å²) in [5.41, 5.74) is 4.46. The van der Waals surface area contributed by atoms with Crippen molar-refractivity contribution in [3.05, 3.63) is 70.3 Å². The van der Waals surface area contributed by atoms with Gasteiger partial charge in [0.15, 0.2) is 4.96 Å². The Bertz CT molecular complexity index is 1150. The predicted octanol–water partition coefficient (Wildman–Crippen LogP) is 5.21. The summed E-state index contributed by atoms with van der Waals surface area (Å²) in [6, 6.07) is 13.2. The minimum Gasteiger partial charge on any atom is -0.497 e. The molecule has 0 aliphatic heterocycles. The number of thiazole rings is 1. The van der Waals surface area contributed by atoms with Gasteiger partial charge in [-0.1, -0.05) is 17.7 Å². The van der Waals surface area contributed by atoms with Crippen LogP contribution in [0.2, 0.25) is 5.02 Å². The number of ether oxygens (including phenoxy) is 1. The molecule has 2 aromatic heterocycles. The van der Waals surface area contributed by atoms with Gasteiger partial charge in [0.25, 0.3) is 0 Å². The highest BCUT2D eigenvalue weighted by molar-refractivity contribution is 7.15. The molecule has 1 N–H and O–H groups in total. The first-order valence-electron chi connectivity index (χ1n) is 8.69. The maximum absolute atomic E-state index is 12.5. The number of carbonyl (C=O) groups is 1. The third kappa shape index (κ3) is 3.74. The number of imidazole rings is 1. The van der Waals surface area contributed by atoms with Crippen LogP contribution in [0.1, 0.15) is 11.3 Å². The second kappa shape index (κ2) is 7.66. The van der Waals surface area contributed by atoms with E-state index in [0.717, 1.165) is 38.9 Å². The second-order valence-electron chi connectivity index (χ2n) is 6.42. The van der Waals surface area contributed by atoms with E-state index in [0.29, 0.717) is 5.02 Å². The third-order valence-corrected chi connectivity index (χ3v) is 5.61. The number of halogens is 1. The molecule has 0 aliphatic carbocycles. The number of aryl methyl sites for hydroxylation is 1. The van der Waals surface area contributed by atoms with Crippen LogP contribution in [0, 0.1) is 6.92 Å². The summed E-state index contributed by atoms with van der Waals surface area (Å²) in [7, 11) is 1.64. The molecule has 5 nitrogen and oxygen atoms in total. The van der Waals surface area contributed by atoms with E-state index in [9.17, 15) is 4.79 Å². The van der Waals surface area contributed by atoms with Crippen LogP contribution in [0.5, 0.6) is 5.75 Å². The van der Waals surface area contributed by atoms with Gasteiger partial charge in [0.1, 0.15) is 5.75 Å². The van der Waals surface area contributed by atoms with Crippen LogP contribution in [-0.2, 0) is 11.2 Å². The Hall–Kier alpha value is -2.83. The lowest BCUT2D eigenvalue weighted by molar-refractivity contribution is -0.115. The zero-order valence-electron chi connectivity index (χ0n) is 15.4. The summed E-state index contributed by atoms with van der Waals surface area (Å²) >= 11 is 7.55. The molecule has 7 heteroatoms. The summed E-state index contributed by atoms with van der Waals surface area (Å²) in [5, 5.41) is 5.50. The normalized spacial score (nSPS) is 11.0. The number of hydrogen-bond acceptors (Lipinski definition) is 4. The second-order valence-corrected chi connectivity index (χ2v) is 7.69. The summed E-state index contributed by atoms with van der Waals surface area (Å²) in [6.07, 6.45) is 2.21. The molecule has 2 aromatic carbocycles. The minimum atomic E-state index is -0.0928. The van der Waals surface area contributed by atoms with Crippen LogP contribution in [0.3, 0.4) is 0 Å². The monoisotopic (exact) mass is 411 g/mol. The number of carbonyl (C=O) groups excluding carboxylic acids is 1. The number of benzene rings is 2. The van der Waals surface area contributed by atoms with E-state index in [-0.39, 0.29) is 12.3 Å². The smallest absolute Gasteiger partial charge is 0.230 e. The quantitative estimate of drug-likeness (QED) is 0.490. The lowest BCUT2D eigenvalue weighted by Gasteiger charge is -2.08. The molecule has 1 amide bonds. The number of nitrogens with zero attached hydrogens (tertiary/aromatic N) is 2. The first-order valence-corrected chi connectivity index (χ1v) is 9.95. The fourth-order valence-corrected chi connectivity index (χ4v) is 3.99. The molecule has 0 aliphatic rings. The van der Waals surface area contributed by atoms with Gasteiger partial charge in [-0.25, -0.2) is 4.98 Å². The number of aromatic nitrogens is 2. The van der Waals surface area contributed by atoms with E-state index in [1.54, 1.807) is 19.2 Å². The van der Waals surface area contributed by atoms with E-state index in [4.69, 9.17) is 16.3 Å². The Labute approximate surface area is 171 Å². The van der Waals surface area contributed by atoms with Gasteiger partial charge in [-0.3, -0.25) is 9.20 Å². The Morgan fingerprint density at radius 1 is 1.25 bits per heavy atom. The van der Waals surface area contributed by atoms with Crippen molar-refractivity contribution in [2.45, 2.75) is 13.3 Å². The summed E-state index contributed by atoms with van der Waals surface area (Å²) in [6.45, 7) is 1.94. The average Bonchev–Trinajstić information content (AvgIpc) is 3.27. The SMILES string of the molecule is COc1ccc(-c2cn3c(CC(=O)Nc4cc(Cl)ccc4C)csc3n2)cc1. The zero-order valence-corrected chi connectivity index (χ0v) is 17.0. The van der Waals surface area contributed by atoms with Gasteiger partial charge in [0.2, 0.25) is 5.91 Å². The molecule has 0 saturated heterocycles. The van der Waals surface area contributed by atoms with E-state index in [1.807, 2.05) is 53.2 Å². The van der Waals surface area contributed by atoms with Gasteiger partial charge in [-0.05, 0) is 48.9 Å². The molecule has 0 bridgehead atoms. The van der Waals surface area contributed by atoms with Crippen molar-refractivity contribution in [3.63, 3.8) is 0 Å². The number of methoxy groups -OCH3 is 1. The number of amides is 1. The number of rotatable bonds is 5. The van der Waals surface area contributed by atoms with Crippen molar-refractivity contribution in [2.75, 3.05) is 12.4 Å². The minimum absolute atomic E-state index is 0.0928. The van der Waals surface area contributed by atoms with Gasteiger partial charge in [-0.15, -0.1) is 11.3 Å².